The third-order valence-corrected chi connectivity index (χ3v) is 3.82. The number of hydrogen-bond donors (Lipinski definition) is 2. The summed E-state index contributed by atoms with van der Waals surface area (Å²) in [6, 6.07) is 4.10. The van der Waals surface area contributed by atoms with Crippen LogP contribution in [-0.4, -0.2) is 17.6 Å². The molecular formula is C16H25N3O2. The van der Waals surface area contributed by atoms with Gasteiger partial charge in [-0.2, -0.15) is 0 Å². The normalized spacial score (nSPS) is 11.7. The van der Waals surface area contributed by atoms with E-state index in [1.54, 1.807) is 6.07 Å². The number of aromatic amines is 1. The highest BCUT2D eigenvalue weighted by molar-refractivity contribution is 5.85. The summed E-state index contributed by atoms with van der Waals surface area (Å²) in [6.45, 7) is 9.71. The minimum Gasteiger partial charge on any atom is -0.408 e. The molecule has 5 nitrogen and oxygen atoms in total. The summed E-state index contributed by atoms with van der Waals surface area (Å²) >= 11 is 0. The molecule has 1 heterocycles. The van der Waals surface area contributed by atoms with Crippen LogP contribution in [0.2, 0.25) is 0 Å². The van der Waals surface area contributed by atoms with Crippen molar-refractivity contribution >= 4 is 22.5 Å². The van der Waals surface area contributed by atoms with Gasteiger partial charge in [0.1, 0.15) is 0 Å². The van der Waals surface area contributed by atoms with E-state index in [9.17, 15) is 4.79 Å². The molecule has 0 spiro atoms. The van der Waals surface area contributed by atoms with Crippen molar-refractivity contribution in [2.24, 2.45) is 5.92 Å². The van der Waals surface area contributed by atoms with Gasteiger partial charge in [0.2, 0.25) is 0 Å². The first-order valence-electron chi connectivity index (χ1n) is 7.65. The van der Waals surface area contributed by atoms with E-state index in [0.29, 0.717) is 28.7 Å². The molecule has 3 N–H and O–H groups in total. The van der Waals surface area contributed by atoms with E-state index in [-0.39, 0.29) is 0 Å². The Morgan fingerprint density at radius 3 is 2.52 bits per heavy atom. The Morgan fingerprint density at radius 1 is 1.29 bits per heavy atom. The number of fused-ring (bicyclic) bond motifs is 1. The number of hydrogen-bond acceptors (Lipinski definition) is 4. The van der Waals surface area contributed by atoms with Crippen molar-refractivity contribution in [3.63, 3.8) is 0 Å². The summed E-state index contributed by atoms with van der Waals surface area (Å²) in [5.41, 5.74) is 9.03. The molecule has 0 aliphatic carbocycles. The van der Waals surface area contributed by atoms with Crippen LogP contribution < -0.4 is 16.4 Å². The molecule has 0 amide bonds. The average molecular weight is 291 g/mol. The van der Waals surface area contributed by atoms with Gasteiger partial charge in [-0.25, -0.2) is 4.79 Å². The van der Waals surface area contributed by atoms with Gasteiger partial charge in [0.25, 0.3) is 0 Å². The number of aromatic nitrogens is 1. The fourth-order valence-electron chi connectivity index (χ4n) is 2.82. The summed E-state index contributed by atoms with van der Waals surface area (Å²) in [6.07, 6.45) is 2.12. The van der Waals surface area contributed by atoms with Gasteiger partial charge in [-0.15, -0.1) is 0 Å². The standard InChI is InChI=1S/C16H25N3O2/c1-5-11(6-2)19(9-10(3)4)14-8-13-15(7-12(14)17)21-16(20)18-13/h7-8,10-11H,5-6,9,17H2,1-4H3,(H,18,20). The number of H-pyrrole nitrogens is 1. The lowest BCUT2D eigenvalue weighted by Gasteiger charge is -2.35. The molecule has 0 bridgehead atoms. The fourth-order valence-corrected chi connectivity index (χ4v) is 2.82. The van der Waals surface area contributed by atoms with Crippen molar-refractivity contribution < 1.29 is 4.42 Å². The molecule has 2 rings (SSSR count). The van der Waals surface area contributed by atoms with Gasteiger partial charge >= 0.3 is 5.76 Å². The number of nitrogens with one attached hydrogen (secondary N) is 1. The topological polar surface area (TPSA) is 75.3 Å². The molecule has 0 saturated heterocycles. The lowest BCUT2D eigenvalue weighted by atomic mass is 10.1. The minimum atomic E-state index is -0.445. The van der Waals surface area contributed by atoms with Crippen molar-refractivity contribution in [1.82, 2.24) is 4.98 Å². The van der Waals surface area contributed by atoms with Crippen LogP contribution in [0.5, 0.6) is 0 Å². The van der Waals surface area contributed by atoms with Crippen LogP contribution in [0.3, 0.4) is 0 Å². The second-order valence-electron chi connectivity index (χ2n) is 5.94. The number of benzene rings is 1. The second kappa shape index (κ2) is 6.24. The van der Waals surface area contributed by atoms with Crippen molar-refractivity contribution in [2.45, 2.75) is 46.6 Å². The molecule has 0 unspecified atom stereocenters. The molecule has 0 aliphatic heterocycles. The molecule has 0 saturated carbocycles. The van der Waals surface area contributed by atoms with E-state index in [2.05, 4.69) is 37.6 Å². The molecule has 0 atom stereocenters. The third-order valence-electron chi connectivity index (χ3n) is 3.82. The second-order valence-corrected chi connectivity index (χ2v) is 5.94. The molecular weight excluding hydrogens is 266 g/mol. The maximum absolute atomic E-state index is 11.3. The van der Waals surface area contributed by atoms with Gasteiger partial charge in [0, 0.05) is 18.7 Å². The van der Waals surface area contributed by atoms with Crippen molar-refractivity contribution in [2.75, 3.05) is 17.2 Å². The number of nitrogen functional groups attached to an aromatic ring is 1. The lowest BCUT2D eigenvalue weighted by molar-refractivity contribution is 0.508. The number of oxazole rings is 1. The van der Waals surface area contributed by atoms with Crippen molar-refractivity contribution in [1.29, 1.82) is 0 Å². The largest absolute Gasteiger partial charge is 0.417 e. The van der Waals surface area contributed by atoms with E-state index < -0.39 is 5.76 Å². The highest BCUT2D eigenvalue weighted by Gasteiger charge is 2.20. The first-order valence-corrected chi connectivity index (χ1v) is 7.65. The maximum Gasteiger partial charge on any atom is 0.417 e. The van der Waals surface area contributed by atoms with Crippen LogP contribution in [0.25, 0.3) is 11.1 Å². The highest BCUT2D eigenvalue weighted by Crippen LogP contribution is 2.31. The Bertz CT molecular complexity index is 653. The van der Waals surface area contributed by atoms with Crippen LogP contribution in [0.4, 0.5) is 11.4 Å². The third kappa shape index (κ3) is 3.23. The van der Waals surface area contributed by atoms with E-state index in [0.717, 1.165) is 25.1 Å². The zero-order chi connectivity index (χ0) is 15.6. The van der Waals surface area contributed by atoms with Crippen LogP contribution >= 0.6 is 0 Å². The molecule has 0 radical (unpaired) electrons. The molecule has 5 heteroatoms. The first-order chi connectivity index (χ1) is 9.96. The molecule has 21 heavy (non-hydrogen) atoms. The van der Waals surface area contributed by atoms with Crippen molar-refractivity contribution in [3.05, 3.63) is 22.7 Å². The summed E-state index contributed by atoms with van der Waals surface area (Å²) in [5, 5.41) is 0. The molecule has 1 aromatic heterocycles. The SMILES string of the molecule is CCC(CC)N(CC(C)C)c1cc2[nH]c(=O)oc2cc1N. The van der Waals surface area contributed by atoms with Crippen molar-refractivity contribution in [3.8, 4) is 0 Å². The Kier molecular flexibility index (Phi) is 4.60. The Labute approximate surface area is 125 Å². The highest BCUT2D eigenvalue weighted by atomic mass is 16.4. The van der Waals surface area contributed by atoms with Gasteiger partial charge in [0.05, 0.1) is 16.9 Å². The van der Waals surface area contributed by atoms with Gasteiger partial charge in [0.15, 0.2) is 5.58 Å². The van der Waals surface area contributed by atoms with E-state index in [4.69, 9.17) is 10.2 Å². The monoisotopic (exact) mass is 291 g/mol. The van der Waals surface area contributed by atoms with E-state index in [1.165, 1.54) is 0 Å². The summed E-state index contributed by atoms with van der Waals surface area (Å²) in [5.74, 6) is 0.0867. The Hall–Kier alpha value is -1.91. The zero-order valence-corrected chi connectivity index (χ0v) is 13.3. The predicted molar refractivity (Wildman–Crippen MR) is 87.8 cm³/mol. The van der Waals surface area contributed by atoms with Crippen LogP contribution in [0.15, 0.2) is 21.3 Å². The lowest BCUT2D eigenvalue weighted by Crippen LogP contribution is -2.37. The molecule has 116 valence electrons. The smallest absolute Gasteiger partial charge is 0.408 e. The van der Waals surface area contributed by atoms with Crippen LogP contribution in [0, 0.1) is 5.92 Å². The summed E-state index contributed by atoms with van der Waals surface area (Å²) in [4.78, 5) is 16.4. The zero-order valence-electron chi connectivity index (χ0n) is 13.3. The van der Waals surface area contributed by atoms with Gasteiger partial charge < -0.3 is 15.1 Å². The number of nitrogens with zero attached hydrogens (tertiary/aromatic N) is 1. The Balaban J connectivity index is 2.51. The fraction of sp³-hybridized carbons (Fsp3) is 0.562. The molecule has 1 aromatic carbocycles. The van der Waals surface area contributed by atoms with Gasteiger partial charge in [-0.05, 0) is 24.8 Å². The molecule has 0 fully saturated rings. The quantitative estimate of drug-likeness (QED) is 0.800. The summed E-state index contributed by atoms with van der Waals surface area (Å²) < 4.78 is 5.07. The van der Waals surface area contributed by atoms with Gasteiger partial charge in [-0.3, -0.25) is 4.98 Å². The molecule has 2 aromatic rings. The van der Waals surface area contributed by atoms with Crippen LogP contribution in [-0.2, 0) is 0 Å². The maximum atomic E-state index is 11.3. The van der Waals surface area contributed by atoms with Gasteiger partial charge in [-0.1, -0.05) is 27.7 Å². The van der Waals surface area contributed by atoms with E-state index >= 15 is 0 Å². The minimum absolute atomic E-state index is 0.436. The van der Waals surface area contributed by atoms with Crippen LogP contribution in [0.1, 0.15) is 40.5 Å². The predicted octanol–water partition coefficient (Wildman–Crippen LogP) is 3.35. The number of rotatable bonds is 6. The average Bonchev–Trinajstić information content (AvgIpc) is 2.76. The summed E-state index contributed by atoms with van der Waals surface area (Å²) in [7, 11) is 0. The number of nitrogens with two attached hydrogens (primary N) is 1. The van der Waals surface area contributed by atoms with E-state index in [1.807, 2.05) is 6.07 Å². The number of anilines is 2. The first kappa shape index (κ1) is 15.5. The molecule has 0 aliphatic rings. The Morgan fingerprint density at radius 2 is 1.95 bits per heavy atom.